The Morgan fingerprint density at radius 1 is 0.680 bits per heavy atom. The van der Waals surface area contributed by atoms with E-state index in [1.807, 2.05) is 0 Å². The van der Waals surface area contributed by atoms with Crippen LogP contribution < -0.4 is 15.9 Å². The summed E-state index contributed by atoms with van der Waals surface area (Å²) in [7, 11) is -2.14. The maximum atomic E-state index is 11.6. The summed E-state index contributed by atoms with van der Waals surface area (Å²) in [5, 5.41) is 4.24. The third-order valence-electron chi connectivity index (χ3n) is 4.88. The Bertz CT molecular complexity index is 701. The zero-order valence-electron chi connectivity index (χ0n) is 14.7. The molecule has 0 unspecified atom stereocenters. The van der Waals surface area contributed by atoms with Crippen molar-refractivity contribution >= 4 is 29.0 Å². The molecule has 0 saturated heterocycles. The molecule has 0 aromatic heterocycles. The van der Waals surface area contributed by atoms with Gasteiger partial charge in [0.25, 0.3) is 0 Å². The molecule has 128 valence electrons. The van der Waals surface area contributed by atoms with Crippen LogP contribution in [0.15, 0.2) is 91.0 Å². The fourth-order valence-electron chi connectivity index (χ4n) is 3.70. The van der Waals surface area contributed by atoms with Gasteiger partial charge in [0, 0.05) is 0 Å². The van der Waals surface area contributed by atoms with Gasteiger partial charge in [0.2, 0.25) is 0 Å². The van der Waals surface area contributed by atoms with Crippen molar-refractivity contribution in [1.29, 1.82) is 0 Å². The number of rotatable bonds is 7. The molecule has 0 radical (unpaired) electrons. The van der Waals surface area contributed by atoms with E-state index in [4.69, 9.17) is 0 Å². The van der Waals surface area contributed by atoms with E-state index in [1.165, 1.54) is 15.9 Å². The van der Waals surface area contributed by atoms with E-state index in [-0.39, 0.29) is 5.78 Å². The first kappa shape index (κ1) is 17.6. The van der Waals surface area contributed by atoms with Crippen LogP contribution in [0.2, 0.25) is 0 Å². The summed E-state index contributed by atoms with van der Waals surface area (Å²) < 4.78 is 0. The number of hydrogen-bond acceptors (Lipinski definition) is 1. The average Bonchev–Trinajstić information content (AvgIpc) is 2.67. The molecule has 0 aliphatic rings. The first-order valence-corrected chi connectivity index (χ1v) is 11.1. The van der Waals surface area contributed by atoms with Crippen LogP contribution in [0.3, 0.4) is 0 Å². The minimum atomic E-state index is -2.14. The molecule has 0 N–H and O–H groups in total. The standard InChI is InChI=1S/C23H25OP/c1-20(24)12-11-19-25(21-13-5-2-6-14-21,22-15-7-3-8-16-22)23-17-9-4-10-18-23/h2-10,13-18,25H,11-12,19H2,1H3. The topological polar surface area (TPSA) is 17.1 Å². The van der Waals surface area contributed by atoms with Crippen LogP contribution in [-0.2, 0) is 4.79 Å². The molecule has 3 aromatic carbocycles. The SMILES string of the molecule is CC(=O)CCC[PH](c1ccccc1)(c1ccccc1)c1ccccc1. The molecule has 3 rings (SSSR count). The van der Waals surface area contributed by atoms with Gasteiger partial charge in [-0.2, -0.15) is 0 Å². The number of benzene rings is 3. The number of ketones is 1. The quantitative estimate of drug-likeness (QED) is 0.588. The Kier molecular flexibility index (Phi) is 5.79. The normalized spacial score (nSPS) is 11.9. The molecule has 1 nitrogen and oxygen atoms in total. The molecule has 0 aliphatic carbocycles. The average molecular weight is 348 g/mol. The van der Waals surface area contributed by atoms with Gasteiger partial charge in [-0.3, -0.25) is 0 Å². The van der Waals surface area contributed by atoms with Crippen LogP contribution in [0, 0.1) is 0 Å². The van der Waals surface area contributed by atoms with E-state index in [9.17, 15) is 4.79 Å². The first-order chi connectivity index (χ1) is 12.2. The summed E-state index contributed by atoms with van der Waals surface area (Å²) >= 11 is 0. The molecule has 3 aromatic rings. The monoisotopic (exact) mass is 348 g/mol. The number of carbonyl (C=O) groups excluding carboxylic acids is 1. The van der Waals surface area contributed by atoms with Gasteiger partial charge in [0.1, 0.15) is 0 Å². The first-order valence-electron chi connectivity index (χ1n) is 8.89. The number of Topliss-reactive ketones (excluding diaryl/α,β-unsaturated/α-hetero) is 1. The molecule has 0 saturated carbocycles. The Balaban J connectivity index is 2.18. The molecule has 0 atom stereocenters. The van der Waals surface area contributed by atoms with Gasteiger partial charge in [-0.25, -0.2) is 0 Å². The fraction of sp³-hybridized carbons (Fsp3) is 0.174. The predicted molar refractivity (Wildman–Crippen MR) is 111 cm³/mol. The number of hydrogen-bond donors (Lipinski definition) is 0. The molecule has 0 amide bonds. The van der Waals surface area contributed by atoms with E-state index in [0.29, 0.717) is 6.42 Å². The van der Waals surface area contributed by atoms with Crippen molar-refractivity contribution in [3.05, 3.63) is 91.0 Å². The fourth-order valence-corrected chi connectivity index (χ4v) is 8.56. The summed E-state index contributed by atoms with van der Waals surface area (Å²) in [6, 6.07) is 32.6. The van der Waals surface area contributed by atoms with Gasteiger partial charge in [-0.05, 0) is 0 Å². The maximum absolute atomic E-state index is 11.6. The minimum absolute atomic E-state index is 0.275. The van der Waals surface area contributed by atoms with Crippen LogP contribution in [0.5, 0.6) is 0 Å². The van der Waals surface area contributed by atoms with E-state index in [2.05, 4.69) is 91.0 Å². The Morgan fingerprint density at radius 3 is 1.36 bits per heavy atom. The van der Waals surface area contributed by atoms with Crippen LogP contribution in [0.4, 0.5) is 0 Å². The Labute approximate surface area is 151 Å². The predicted octanol–water partition coefficient (Wildman–Crippen LogP) is 4.08. The molecule has 2 heteroatoms. The van der Waals surface area contributed by atoms with Crippen molar-refractivity contribution in [3.63, 3.8) is 0 Å². The third kappa shape index (κ3) is 3.89. The summed E-state index contributed by atoms with van der Waals surface area (Å²) in [4.78, 5) is 11.6. The Hall–Kier alpha value is -2.24. The number of carbonyl (C=O) groups is 1. The zero-order valence-corrected chi connectivity index (χ0v) is 15.7. The van der Waals surface area contributed by atoms with Crippen molar-refractivity contribution in [2.45, 2.75) is 19.8 Å². The molecule has 0 fully saturated rings. The van der Waals surface area contributed by atoms with Crippen LogP contribution >= 0.6 is 7.26 Å². The van der Waals surface area contributed by atoms with Gasteiger partial charge in [-0.15, -0.1) is 0 Å². The van der Waals surface area contributed by atoms with Crippen molar-refractivity contribution in [1.82, 2.24) is 0 Å². The zero-order chi connectivity index (χ0) is 17.5. The molecule has 0 aliphatic heterocycles. The van der Waals surface area contributed by atoms with Crippen molar-refractivity contribution < 1.29 is 4.79 Å². The van der Waals surface area contributed by atoms with Crippen LogP contribution in [-0.4, -0.2) is 11.9 Å². The second-order valence-corrected chi connectivity index (χ2v) is 10.6. The second-order valence-electron chi connectivity index (χ2n) is 6.56. The van der Waals surface area contributed by atoms with Crippen molar-refractivity contribution in [2.75, 3.05) is 6.16 Å². The van der Waals surface area contributed by atoms with Gasteiger partial charge in [0.15, 0.2) is 0 Å². The van der Waals surface area contributed by atoms with Gasteiger partial charge in [0.05, 0.1) is 0 Å². The molecule has 0 bridgehead atoms. The molecule has 25 heavy (non-hydrogen) atoms. The second kappa shape index (κ2) is 8.23. The molecular formula is C23H25OP. The summed E-state index contributed by atoms with van der Waals surface area (Å²) in [6.07, 6.45) is 2.63. The van der Waals surface area contributed by atoms with E-state index in [0.717, 1.165) is 12.6 Å². The summed E-state index contributed by atoms with van der Waals surface area (Å²) in [6.45, 7) is 1.69. The van der Waals surface area contributed by atoms with Crippen molar-refractivity contribution in [2.24, 2.45) is 0 Å². The van der Waals surface area contributed by atoms with E-state index < -0.39 is 7.26 Å². The van der Waals surface area contributed by atoms with E-state index in [1.54, 1.807) is 6.92 Å². The molecule has 0 spiro atoms. The summed E-state index contributed by atoms with van der Waals surface area (Å²) in [5.74, 6) is 0.275. The van der Waals surface area contributed by atoms with Gasteiger partial charge in [-0.1, -0.05) is 0 Å². The van der Waals surface area contributed by atoms with Gasteiger partial charge < -0.3 is 0 Å². The summed E-state index contributed by atoms with van der Waals surface area (Å²) in [5.41, 5.74) is 0. The van der Waals surface area contributed by atoms with Gasteiger partial charge >= 0.3 is 151 Å². The molecule has 0 heterocycles. The van der Waals surface area contributed by atoms with E-state index >= 15 is 0 Å². The third-order valence-corrected chi connectivity index (χ3v) is 9.94. The van der Waals surface area contributed by atoms with Crippen molar-refractivity contribution in [3.8, 4) is 0 Å². The van der Waals surface area contributed by atoms with Crippen LogP contribution in [0.1, 0.15) is 19.8 Å². The van der Waals surface area contributed by atoms with Crippen LogP contribution in [0.25, 0.3) is 0 Å². The Morgan fingerprint density at radius 2 is 1.04 bits per heavy atom. The molecular weight excluding hydrogens is 323 g/mol.